The number of nitrogens with one attached hydrogen (secondary N) is 1. The summed E-state index contributed by atoms with van der Waals surface area (Å²) in [6.07, 6.45) is 1.62. The first-order valence-electron chi connectivity index (χ1n) is 6.69. The molecule has 0 radical (unpaired) electrons. The zero-order chi connectivity index (χ0) is 15.3. The van der Waals surface area contributed by atoms with E-state index in [9.17, 15) is 8.42 Å². The smallest absolute Gasteiger partial charge is 0.241 e. The molecule has 0 aromatic heterocycles. The molecule has 114 valence electrons. The molecule has 0 heterocycles. The lowest BCUT2D eigenvalue weighted by Gasteiger charge is -2.19. The van der Waals surface area contributed by atoms with Gasteiger partial charge in [-0.15, -0.1) is 0 Å². The van der Waals surface area contributed by atoms with Gasteiger partial charge in [0.05, 0.1) is 11.5 Å². The van der Waals surface area contributed by atoms with Gasteiger partial charge in [0.2, 0.25) is 10.0 Å². The summed E-state index contributed by atoms with van der Waals surface area (Å²) in [5, 5.41) is 0. The van der Waals surface area contributed by atoms with E-state index in [4.69, 9.17) is 10.5 Å². The average Bonchev–Trinajstić information content (AvgIpc) is 2.26. The number of nitrogens with two attached hydrogens (primary N) is 1. The fourth-order valence-corrected chi connectivity index (χ4v) is 4.12. The van der Waals surface area contributed by atoms with Crippen LogP contribution in [-0.2, 0) is 14.8 Å². The van der Waals surface area contributed by atoms with Crippen molar-refractivity contribution in [2.24, 2.45) is 0 Å². The molecule has 0 bridgehead atoms. The van der Waals surface area contributed by atoms with Gasteiger partial charge in [0, 0.05) is 18.8 Å². The van der Waals surface area contributed by atoms with Crippen LogP contribution in [0.3, 0.4) is 0 Å². The van der Waals surface area contributed by atoms with Gasteiger partial charge in [-0.05, 0) is 43.5 Å². The Morgan fingerprint density at radius 2 is 1.85 bits per heavy atom. The number of methoxy groups -OCH3 is 1. The SMILES string of the molecule is CCCC(COC)NS(=O)(=O)c1c(C)cc(N)cc1C. The summed E-state index contributed by atoms with van der Waals surface area (Å²) in [6, 6.07) is 3.13. The lowest BCUT2D eigenvalue weighted by atomic mass is 10.1. The van der Waals surface area contributed by atoms with Crippen LogP contribution in [0.5, 0.6) is 0 Å². The molecule has 0 aliphatic heterocycles. The van der Waals surface area contributed by atoms with E-state index in [0.29, 0.717) is 28.3 Å². The van der Waals surface area contributed by atoms with Crippen molar-refractivity contribution in [1.29, 1.82) is 0 Å². The van der Waals surface area contributed by atoms with Gasteiger partial charge >= 0.3 is 0 Å². The second-order valence-corrected chi connectivity index (χ2v) is 6.70. The fraction of sp³-hybridized carbons (Fsp3) is 0.571. The number of hydrogen-bond donors (Lipinski definition) is 2. The van der Waals surface area contributed by atoms with Gasteiger partial charge in [-0.2, -0.15) is 0 Å². The summed E-state index contributed by atoms with van der Waals surface area (Å²) in [7, 11) is -2.00. The summed E-state index contributed by atoms with van der Waals surface area (Å²) in [4.78, 5) is 0.309. The number of benzene rings is 1. The fourth-order valence-electron chi connectivity index (χ4n) is 2.41. The zero-order valence-electron chi connectivity index (χ0n) is 12.6. The number of aryl methyl sites for hydroxylation is 2. The van der Waals surface area contributed by atoms with Crippen LogP contribution in [0.2, 0.25) is 0 Å². The van der Waals surface area contributed by atoms with Gasteiger partial charge in [0.25, 0.3) is 0 Å². The first-order valence-corrected chi connectivity index (χ1v) is 8.18. The predicted molar refractivity (Wildman–Crippen MR) is 81.2 cm³/mol. The van der Waals surface area contributed by atoms with Crippen molar-refractivity contribution < 1.29 is 13.2 Å². The van der Waals surface area contributed by atoms with E-state index in [1.165, 1.54) is 0 Å². The molecule has 5 nitrogen and oxygen atoms in total. The third-order valence-electron chi connectivity index (χ3n) is 3.08. The van der Waals surface area contributed by atoms with Crippen molar-refractivity contribution in [2.75, 3.05) is 19.5 Å². The molecule has 0 spiro atoms. The molecule has 0 aliphatic rings. The summed E-state index contributed by atoms with van der Waals surface area (Å²) < 4.78 is 32.9. The third-order valence-corrected chi connectivity index (χ3v) is 4.90. The van der Waals surface area contributed by atoms with E-state index < -0.39 is 10.0 Å². The maximum atomic E-state index is 12.5. The first-order chi connectivity index (χ1) is 9.31. The van der Waals surface area contributed by atoms with Crippen LogP contribution in [0.4, 0.5) is 5.69 Å². The minimum absolute atomic E-state index is 0.216. The van der Waals surface area contributed by atoms with Gasteiger partial charge in [0.15, 0.2) is 0 Å². The Hall–Kier alpha value is -1.11. The second-order valence-electron chi connectivity index (χ2n) is 5.05. The highest BCUT2D eigenvalue weighted by Gasteiger charge is 2.23. The van der Waals surface area contributed by atoms with Crippen molar-refractivity contribution in [3.8, 4) is 0 Å². The summed E-state index contributed by atoms with van der Waals surface area (Å²) in [5.41, 5.74) is 7.61. The van der Waals surface area contributed by atoms with Crippen LogP contribution in [0.15, 0.2) is 17.0 Å². The van der Waals surface area contributed by atoms with Crippen molar-refractivity contribution in [2.45, 2.75) is 44.6 Å². The van der Waals surface area contributed by atoms with Gasteiger partial charge in [-0.3, -0.25) is 0 Å². The molecular formula is C14H24N2O3S. The molecule has 20 heavy (non-hydrogen) atoms. The number of hydrogen-bond acceptors (Lipinski definition) is 4. The number of nitrogen functional groups attached to an aromatic ring is 1. The quantitative estimate of drug-likeness (QED) is 0.754. The van der Waals surface area contributed by atoms with Crippen LogP contribution < -0.4 is 10.5 Å². The lowest BCUT2D eigenvalue weighted by molar-refractivity contribution is 0.171. The Bertz CT molecular complexity index is 527. The molecule has 0 saturated heterocycles. The van der Waals surface area contributed by atoms with E-state index in [2.05, 4.69) is 4.72 Å². The minimum atomic E-state index is -3.57. The van der Waals surface area contributed by atoms with E-state index >= 15 is 0 Å². The van der Waals surface area contributed by atoms with Crippen molar-refractivity contribution in [3.63, 3.8) is 0 Å². The summed E-state index contributed by atoms with van der Waals surface area (Å²) in [5.74, 6) is 0. The molecule has 0 fully saturated rings. The minimum Gasteiger partial charge on any atom is -0.399 e. The van der Waals surface area contributed by atoms with E-state index in [-0.39, 0.29) is 6.04 Å². The average molecular weight is 300 g/mol. The van der Waals surface area contributed by atoms with Crippen LogP contribution in [0.1, 0.15) is 30.9 Å². The van der Waals surface area contributed by atoms with Crippen LogP contribution >= 0.6 is 0 Å². The van der Waals surface area contributed by atoms with Crippen molar-refractivity contribution >= 4 is 15.7 Å². The zero-order valence-corrected chi connectivity index (χ0v) is 13.4. The molecule has 1 aromatic rings. The van der Waals surface area contributed by atoms with Gasteiger partial charge in [-0.1, -0.05) is 13.3 Å². The lowest BCUT2D eigenvalue weighted by Crippen LogP contribution is -2.38. The van der Waals surface area contributed by atoms with E-state index in [1.807, 2.05) is 6.92 Å². The number of ether oxygens (including phenoxy) is 1. The van der Waals surface area contributed by atoms with Gasteiger partial charge in [-0.25, -0.2) is 13.1 Å². The third kappa shape index (κ3) is 4.19. The molecule has 6 heteroatoms. The number of anilines is 1. The highest BCUT2D eigenvalue weighted by Crippen LogP contribution is 2.23. The highest BCUT2D eigenvalue weighted by atomic mass is 32.2. The molecular weight excluding hydrogens is 276 g/mol. The van der Waals surface area contributed by atoms with Crippen LogP contribution in [0.25, 0.3) is 0 Å². The normalized spacial score (nSPS) is 13.4. The Labute approximate surface area is 121 Å². The standard InChI is InChI=1S/C14H24N2O3S/c1-5-6-13(9-19-4)16-20(17,18)14-10(2)7-12(15)8-11(14)3/h7-8,13,16H,5-6,9,15H2,1-4H3. The van der Waals surface area contributed by atoms with Gasteiger partial charge in [0.1, 0.15) is 0 Å². The largest absolute Gasteiger partial charge is 0.399 e. The first kappa shape index (κ1) is 16.9. The van der Waals surface area contributed by atoms with Crippen molar-refractivity contribution in [3.05, 3.63) is 23.3 Å². The Balaban J connectivity index is 3.10. The Morgan fingerprint density at radius 1 is 1.30 bits per heavy atom. The molecule has 0 saturated carbocycles. The highest BCUT2D eigenvalue weighted by molar-refractivity contribution is 7.89. The maximum absolute atomic E-state index is 12.5. The second kappa shape index (κ2) is 7.06. The number of sulfonamides is 1. The Morgan fingerprint density at radius 3 is 2.30 bits per heavy atom. The van der Waals surface area contributed by atoms with Crippen molar-refractivity contribution in [1.82, 2.24) is 4.72 Å². The molecule has 1 atom stereocenters. The summed E-state index contributed by atoms with van der Waals surface area (Å²) >= 11 is 0. The number of rotatable bonds is 7. The monoisotopic (exact) mass is 300 g/mol. The Kier molecular flexibility index (Phi) is 5.98. The molecule has 1 unspecified atom stereocenters. The topological polar surface area (TPSA) is 81.4 Å². The van der Waals surface area contributed by atoms with Crippen LogP contribution in [-0.4, -0.2) is 28.2 Å². The molecule has 0 aliphatic carbocycles. The molecule has 1 rings (SSSR count). The summed E-state index contributed by atoms with van der Waals surface area (Å²) in [6.45, 7) is 5.88. The van der Waals surface area contributed by atoms with Crippen LogP contribution in [0, 0.1) is 13.8 Å². The predicted octanol–water partition coefficient (Wildman–Crippen LogP) is 1.98. The molecule has 0 amide bonds. The van der Waals surface area contributed by atoms with E-state index in [1.54, 1.807) is 33.1 Å². The maximum Gasteiger partial charge on any atom is 0.241 e. The van der Waals surface area contributed by atoms with Gasteiger partial charge < -0.3 is 10.5 Å². The molecule has 3 N–H and O–H groups in total. The molecule has 1 aromatic carbocycles. The van der Waals surface area contributed by atoms with E-state index in [0.717, 1.165) is 12.8 Å².